The first-order chi connectivity index (χ1) is 21.6. The molecule has 4 rings (SSSR count). The normalized spacial score (nSPS) is 23.5. The first kappa shape index (κ1) is 54.7. The minimum atomic E-state index is 0. The Balaban J connectivity index is 0. The Hall–Kier alpha value is 0.629. The van der Waals surface area contributed by atoms with Crippen LogP contribution in [0.15, 0.2) is 82.0 Å². The van der Waals surface area contributed by atoms with Crippen LogP contribution in [0.2, 0.25) is 0 Å². The average molecular weight is 854 g/mol. The number of hydrogen-bond acceptors (Lipinski definition) is 2. The Morgan fingerprint density at radius 1 is 0.519 bits per heavy atom. The molecule has 52 heavy (non-hydrogen) atoms. The molecule has 0 aromatic rings. The fourth-order valence-corrected chi connectivity index (χ4v) is 12.2. The monoisotopic (exact) mass is 852 g/mol. The molecule has 0 aromatic carbocycles. The molecule has 0 heterocycles. The van der Waals surface area contributed by atoms with E-state index in [1.807, 2.05) is 0 Å². The smallest absolute Gasteiger partial charge is 1.00 e. The van der Waals surface area contributed by atoms with Crippen molar-refractivity contribution in [2.24, 2.45) is 21.7 Å². The number of rotatable bonds is 6. The third-order valence-electron chi connectivity index (χ3n) is 10.4. The summed E-state index contributed by atoms with van der Waals surface area (Å²) in [6, 6.07) is 0. The molecular weight excluding hydrogens is 783 g/mol. The van der Waals surface area contributed by atoms with Crippen LogP contribution in [0.25, 0.3) is 0 Å². The van der Waals surface area contributed by atoms with Crippen LogP contribution in [0.3, 0.4) is 0 Å². The second-order valence-electron chi connectivity index (χ2n) is 19.6. The van der Waals surface area contributed by atoms with Gasteiger partial charge in [0.2, 0.25) is 0 Å². The van der Waals surface area contributed by atoms with E-state index in [4.69, 9.17) is 0 Å². The third-order valence-corrected chi connectivity index (χ3v) is 14.1. The van der Waals surface area contributed by atoms with E-state index in [0.29, 0.717) is 0 Å². The quantitative estimate of drug-likeness (QED) is 0.194. The van der Waals surface area contributed by atoms with Gasteiger partial charge in [-0.3, -0.25) is 12.2 Å². The van der Waals surface area contributed by atoms with Gasteiger partial charge in [0.15, 0.2) is 0 Å². The summed E-state index contributed by atoms with van der Waals surface area (Å²) in [7, 11) is 0. The number of allylic oxidation sites excluding steroid dienone is 14. The van der Waals surface area contributed by atoms with Crippen molar-refractivity contribution < 1.29 is 68.2 Å². The van der Waals surface area contributed by atoms with E-state index < -0.39 is 0 Å². The molecule has 4 aliphatic carbocycles. The molecule has 2 unspecified atom stereocenters. The Labute approximate surface area is 373 Å². The molecule has 0 aliphatic heterocycles. The predicted molar refractivity (Wildman–Crippen MR) is 221 cm³/mol. The molecule has 2 atom stereocenters. The maximum Gasteiger partial charge on any atom is 2.00 e. The van der Waals surface area contributed by atoms with Gasteiger partial charge in [-0.2, -0.15) is 12.2 Å². The van der Waals surface area contributed by atoms with Crippen molar-refractivity contribution in [3.05, 3.63) is 94.2 Å². The number of hydrogen-bond donors (Lipinski definition) is 0. The van der Waals surface area contributed by atoms with Gasteiger partial charge in [-0.1, -0.05) is 146 Å². The van der Waals surface area contributed by atoms with E-state index in [1.165, 1.54) is 22.3 Å². The van der Waals surface area contributed by atoms with Crippen LogP contribution in [-0.4, -0.2) is 19.0 Å². The molecule has 4 aliphatic rings. The molecule has 0 bridgehead atoms. The van der Waals surface area contributed by atoms with Crippen molar-refractivity contribution >= 4 is 23.5 Å². The van der Waals surface area contributed by atoms with Gasteiger partial charge in [0.1, 0.15) is 0 Å². The molecule has 6 heteroatoms. The average Bonchev–Trinajstić information content (AvgIpc) is 3.64. The van der Waals surface area contributed by atoms with Crippen molar-refractivity contribution in [3.63, 3.8) is 0 Å². The summed E-state index contributed by atoms with van der Waals surface area (Å²) in [5, 5.41) is 0. The number of thioether (sulfide) groups is 2. The Bertz CT molecular complexity index is 1360. The zero-order valence-corrected chi connectivity index (χ0v) is 42.3. The van der Waals surface area contributed by atoms with Crippen molar-refractivity contribution in [1.29, 1.82) is 0 Å². The van der Waals surface area contributed by atoms with Gasteiger partial charge in [-0.25, -0.2) is 23.3 Å². The molecule has 0 saturated carbocycles. The van der Waals surface area contributed by atoms with Crippen molar-refractivity contribution in [2.75, 3.05) is 0 Å². The van der Waals surface area contributed by atoms with Crippen LogP contribution >= 0.6 is 23.5 Å². The molecule has 0 aromatic heterocycles. The van der Waals surface area contributed by atoms with E-state index in [1.54, 1.807) is 11.1 Å². The first-order valence-corrected chi connectivity index (χ1v) is 20.0. The van der Waals surface area contributed by atoms with Crippen molar-refractivity contribution in [3.8, 4) is 0 Å². The summed E-state index contributed by atoms with van der Waals surface area (Å²) in [4.78, 5) is 0. The number of halogens is 2. The molecule has 288 valence electrons. The van der Waals surface area contributed by atoms with Gasteiger partial charge in [-0.15, -0.1) is 36.4 Å². The maximum atomic E-state index is 3.63. The van der Waals surface area contributed by atoms with Gasteiger partial charge in [-0.05, 0) is 59.5 Å². The van der Waals surface area contributed by atoms with Gasteiger partial charge in [0, 0.05) is 19.0 Å². The molecule has 0 N–H and O–H groups in total. The summed E-state index contributed by atoms with van der Waals surface area (Å²) < 4.78 is 0.507. The summed E-state index contributed by atoms with van der Waals surface area (Å²) in [6.07, 6.45) is 30.3. The van der Waals surface area contributed by atoms with Crippen LogP contribution < -0.4 is 24.8 Å². The summed E-state index contributed by atoms with van der Waals surface area (Å²) in [5.41, 5.74) is 9.08. The van der Waals surface area contributed by atoms with E-state index >= 15 is 0 Å². The topological polar surface area (TPSA) is 0 Å². The van der Waals surface area contributed by atoms with Gasteiger partial charge in [0.25, 0.3) is 0 Å². The fourth-order valence-electron chi connectivity index (χ4n) is 8.06. The first-order valence-electron chi connectivity index (χ1n) is 18.3. The molecular formula is C46H70Cl2S2Ti2. The fraction of sp³-hybridized carbons (Fsp3) is 0.652. The molecule has 0 nitrogen and oxygen atoms in total. The zero-order chi connectivity index (χ0) is 36.8. The molecule has 0 amide bonds. The predicted octanol–water partition coefficient (Wildman–Crippen LogP) is 8.59. The van der Waals surface area contributed by atoms with Crippen LogP contribution in [0.1, 0.15) is 150 Å². The zero-order valence-electron chi connectivity index (χ0n) is 36.0. The van der Waals surface area contributed by atoms with Crippen molar-refractivity contribution in [1.82, 2.24) is 0 Å². The largest absolute Gasteiger partial charge is 2.00 e. The van der Waals surface area contributed by atoms with E-state index in [2.05, 4.69) is 209 Å². The minimum absolute atomic E-state index is 0. The van der Waals surface area contributed by atoms with Crippen LogP contribution in [0.4, 0.5) is 0 Å². The molecule has 0 radical (unpaired) electrons. The molecule has 0 spiro atoms. The van der Waals surface area contributed by atoms with Crippen LogP contribution in [-0.2, 0) is 43.4 Å². The molecule has 0 fully saturated rings. The van der Waals surface area contributed by atoms with E-state index in [9.17, 15) is 0 Å². The van der Waals surface area contributed by atoms with Crippen LogP contribution in [0.5, 0.6) is 0 Å². The maximum absolute atomic E-state index is 3.63. The van der Waals surface area contributed by atoms with Gasteiger partial charge < -0.3 is 24.8 Å². The van der Waals surface area contributed by atoms with Gasteiger partial charge in [0.05, 0.1) is 0 Å². The van der Waals surface area contributed by atoms with Gasteiger partial charge >= 0.3 is 43.4 Å². The summed E-state index contributed by atoms with van der Waals surface area (Å²) in [6.45, 7) is 42.5. The summed E-state index contributed by atoms with van der Waals surface area (Å²) >= 11 is 4.30. The Kier molecular flexibility index (Phi) is 20.4. The Morgan fingerprint density at radius 2 is 0.808 bits per heavy atom. The minimum Gasteiger partial charge on any atom is -1.00 e. The van der Waals surface area contributed by atoms with E-state index in [0.717, 1.165) is 25.7 Å². The summed E-state index contributed by atoms with van der Waals surface area (Å²) in [5.74, 6) is 0. The second kappa shape index (κ2) is 19.4. The SMILES string of the molecule is CC1=CCC(SC(C)(C)C)(C(C)(C)C2=[C-]CC=C2)C(C(C)(C)C)=C1.CC1=CCC(SC(C)(C)C)(C(C)(C)C2=[C-]CC=C2)C(C(C)(C)C)=C1.[Cl-].[Cl-].[Ti+2].[Ti+2]. The van der Waals surface area contributed by atoms with Crippen LogP contribution in [0, 0.1) is 33.8 Å². The molecule has 0 saturated heterocycles. The Morgan fingerprint density at radius 3 is 1.02 bits per heavy atom. The van der Waals surface area contributed by atoms with E-state index in [-0.39, 0.29) is 109 Å². The second-order valence-corrected chi connectivity index (χ2v) is 23.9. The standard InChI is InChI=1S/2C23H35S.2ClH.2Ti/c2*1-17-14-15-23(24-21(5,6)7,19(16-17)20(2,3)4)22(8,9)18-12-10-11-13-18;;;;/h2*10,12,14,16H,11,15H2,1-9H3;2*1H;;/q2*-1;;;2*+2/p-2. The van der Waals surface area contributed by atoms with Crippen molar-refractivity contribution in [2.45, 2.75) is 169 Å². The third kappa shape index (κ3) is 12.3.